The van der Waals surface area contributed by atoms with Gasteiger partial charge < -0.3 is 10.2 Å². The molecule has 1 aromatic carbocycles. The Kier molecular flexibility index (Phi) is 8.81. The normalized spacial score (nSPS) is 11.8. The summed E-state index contributed by atoms with van der Waals surface area (Å²) in [5, 5.41) is 6.32. The van der Waals surface area contributed by atoms with Gasteiger partial charge in [-0.15, -0.1) is 35.3 Å². The van der Waals surface area contributed by atoms with Crippen LogP contribution in [0.5, 0.6) is 0 Å². The minimum atomic E-state index is -4.31. The third kappa shape index (κ3) is 6.75. The highest BCUT2D eigenvalue weighted by Crippen LogP contribution is 2.29. The maximum absolute atomic E-state index is 12.6. The smallest absolute Gasteiger partial charge is 0.356 e. The van der Waals surface area contributed by atoms with Crippen LogP contribution in [0.2, 0.25) is 0 Å². The summed E-state index contributed by atoms with van der Waals surface area (Å²) < 4.78 is 37.8. The number of benzene rings is 1. The molecule has 0 unspecified atom stereocenters. The minimum Gasteiger partial charge on any atom is -0.356 e. The van der Waals surface area contributed by atoms with E-state index in [9.17, 15) is 13.2 Å². The van der Waals surface area contributed by atoms with Crippen LogP contribution in [-0.2, 0) is 19.1 Å². The van der Waals surface area contributed by atoms with Crippen LogP contribution in [0.25, 0.3) is 0 Å². The minimum absolute atomic E-state index is 0. The molecule has 0 aliphatic carbocycles. The lowest BCUT2D eigenvalue weighted by atomic mass is 10.1. The first-order valence-electron chi connectivity index (χ1n) is 7.78. The van der Waals surface area contributed by atoms with Crippen molar-refractivity contribution in [3.05, 3.63) is 51.5 Å². The monoisotopic (exact) mass is 498 g/mol. The Bertz CT molecular complexity index is 714. The summed E-state index contributed by atoms with van der Waals surface area (Å²) in [6.07, 6.45) is -3.52. The van der Waals surface area contributed by atoms with Crippen molar-refractivity contribution in [3.8, 4) is 0 Å². The Balaban J connectivity index is 0.00000338. The van der Waals surface area contributed by atoms with Crippen molar-refractivity contribution >= 4 is 41.3 Å². The van der Waals surface area contributed by atoms with Gasteiger partial charge in [-0.05, 0) is 24.6 Å². The maximum Gasteiger partial charge on any atom is 0.416 e. The SMILES string of the molecule is CN=C(NCCc1csc(C)n1)N(C)Cc1ccc(C(F)(F)F)cc1.I. The molecule has 0 saturated carbocycles. The largest absolute Gasteiger partial charge is 0.416 e. The van der Waals surface area contributed by atoms with Gasteiger partial charge in [0.05, 0.1) is 16.3 Å². The van der Waals surface area contributed by atoms with E-state index in [1.165, 1.54) is 12.1 Å². The number of guanidine groups is 1. The summed E-state index contributed by atoms with van der Waals surface area (Å²) >= 11 is 1.62. The van der Waals surface area contributed by atoms with Crippen molar-refractivity contribution in [2.75, 3.05) is 20.6 Å². The van der Waals surface area contributed by atoms with Crippen molar-refractivity contribution < 1.29 is 13.2 Å². The lowest BCUT2D eigenvalue weighted by Crippen LogP contribution is -2.39. The molecular formula is C17H22F3IN4S. The summed E-state index contributed by atoms with van der Waals surface area (Å²) in [4.78, 5) is 10.5. The molecule has 0 aliphatic heterocycles. The van der Waals surface area contributed by atoms with E-state index in [2.05, 4.69) is 15.3 Å². The molecule has 0 radical (unpaired) electrons. The highest BCUT2D eigenvalue weighted by Gasteiger charge is 2.29. The number of halogens is 4. The predicted octanol–water partition coefficient (Wildman–Crippen LogP) is 4.34. The molecule has 0 atom stereocenters. The lowest BCUT2D eigenvalue weighted by molar-refractivity contribution is -0.137. The fourth-order valence-corrected chi connectivity index (χ4v) is 3.01. The van der Waals surface area contributed by atoms with E-state index >= 15 is 0 Å². The van der Waals surface area contributed by atoms with Crippen LogP contribution in [0, 0.1) is 6.92 Å². The van der Waals surface area contributed by atoms with E-state index in [0.29, 0.717) is 19.0 Å². The van der Waals surface area contributed by atoms with Gasteiger partial charge in [-0.1, -0.05) is 12.1 Å². The van der Waals surface area contributed by atoms with Gasteiger partial charge in [0.15, 0.2) is 5.96 Å². The summed E-state index contributed by atoms with van der Waals surface area (Å²) in [5.74, 6) is 0.687. The summed E-state index contributed by atoms with van der Waals surface area (Å²) in [5.41, 5.74) is 1.18. The van der Waals surface area contributed by atoms with Crippen LogP contribution in [0.15, 0.2) is 34.6 Å². The van der Waals surface area contributed by atoms with Gasteiger partial charge in [-0.2, -0.15) is 13.2 Å². The predicted molar refractivity (Wildman–Crippen MR) is 110 cm³/mol. The van der Waals surface area contributed by atoms with Gasteiger partial charge in [-0.25, -0.2) is 4.98 Å². The van der Waals surface area contributed by atoms with Gasteiger partial charge >= 0.3 is 6.18 Å². The fraction of sp³-hybridized carbons (Fsp3) is 0.412. The van der Waals surface area contributed by atoms with Gasteiger partial charge in [0.1, 0.15) is 0 Å². The van der Waals surface area contributed by atoms with E-state index in [1.807, 2.05) is 24.3 Å². The van der Waals surface area contributed by atoms with Crippen molar-refractivity contribution in [2.45, 2.75) is 26.1 Å². The third-order valence-electron chi connectivity index (χ3n) is 3.61. The fourth-order valence-electron chi connectivity index (χ4n) is 2.36. The molecule has 144 valence electrons. The van der Waals surface area contributed by atoms with E-state index in [0.717, 1.165) is 34.8 Å². The molecule has 2 aromatic rings. The number of aromatic nitrogens is 1. The van der Waals surface area contributed by atoms with Crippen LogP contribution in [0.1, 0.15) is 21.8 Å². The van der Waals surface area contributed by atoms with E-state index < -0.39 is 11.7 Å². The maximum atomic E-state index is 12.6. The average molecular weight is 498 g/mol. The highest BCUT2D eigenvalue weighted by molar-refractivity contribution is 14.0. The molecular weight excluding hydrogens is 476 g/mol. The van der Waals surface area contributed by atoms with E-state index in [1.54, 1.807) is 18.4 Å². The van der Waals surface area contributed by atoms with Gasteiger partial charge in [0, 0.05) is 39.0 Å². The molecule has 2 rings (SSSR count). The van der Waals surface area contributed by atoms with Gasteiger partial charge in [-0.3, -0.25) is 4.99 Å². The second-order valence-corrected chi connectivity index (χ2v) is 6.69. The number of rotatable bonds is 5. The number of nitrogens with one attached hydrogen (secondary N) is 1. The molecule has 0 fully saturated rings. The van der Waals surface area contributed by atoms with Crippen molar-refractivity contribution in [1.29, 1.82) is 0 Å². The molecule has 9 heteroatoms. The molecule has 4 nitrogen and oxygen atoms in total. The molecule has 26 heavy (non-hydrogen) atoms. The second kappa shape index (κ2) is 10.1. The molecule has 1 N–H and O–H groups in total. The summed E-state index contributed by atoms with van der Waals surface area (Å²) in [6, 6.07) is 5.18. The number of aryl methyl sites for hydroxylation is 1. The molecule has 0 amide bonds. The van der Waals surface area contributed by atoms with E-state index in [-0.39, 0.29) is 24.0 Å². The summed E-state index contributed by atoms with van der Waals surface area (Å²) in [7, 11) is 3.53. The Morgan fingerprint density at radius 1 is 1.27 bits per heavy atom. The van der Waals surface area contributed by atoms with Crippen LogP contribution in [-0.4, -0.2) is 36.5 Å². The second-order valence-electron chi connectivity index (χ2n) is 5.63. The number of hydrogen-bond donors (Lipinski definition) is 1. The number of alkyl halides is 3. The lowest BCUT2D eigenvalue weighted by Gasteiger charge is -2.22. The van der Waals surface area contributed by atoms with E-state index in [4.69, 9.17) is 0 Å². The van der Waals surface area contributed by atoms with Crippen LogP contribution in [0.4, 0.5) is 13.2 Å². The van der Waals surface area contributed by atoms with Crippen LogP contribution < -0.4 is 5.32 Å². The van der Waals surface area contributed by atoms with Crippen molar-refractivity contribution in [3.63, 3.8) is 0 Å². The zero-order chi connectivity index (χ0) is 18.4. The first-order valence-corrected chi connectivity index (χ1v) is 8.66. The molecule has 0 saturated heterocycles. The summed E-state index contributed by atoms with van der Waals surface area (Å²) in [6.45, 7) is 3.12. The first kappa shape index (κ1) is 22.7. The molecule has 0 bridgehead atoms. The van der Waals surface area contributed by atoms with Gasteiger partial charge in [0.2, 0.25) is 0 Å². The topological polar surface area (TPSA) is 40.5 Å². The third-order valence-corrected chi connectivity index (χ3v) is 4.43. The standard InChI is InChI=1S/C17H21F3N4S.HI/c1-12-23-15(11-25-12)8-9-22-16(21-2)24(3)10-13-4-6-14(7-5-13)17(18,19)20;/h4-7,11H,8-10H2,1-3H3,(H,21,22);1H. The zero-order valence-corrected chi connectivity index (χ0v) is 17.9. The zero-order valence-electron chi connectivity index (χ0n) is 14.8. The van der Waals surface area contributed by atoms with Gasteiger partial charge in [0.25, 0.3) is 0 Å². The highest BCUT2D eigenvalue weighted by atomic mass is 127. The average Bonchev–Trinajstić information content (AvgIpc) is 2.96. The van der Waals surface area contributed by atoms with Crippen molar-refractivity contribution in [1.82, 2.24) is 15.2 Å². The molecule has 0 spiro atoms. The number of hydrogen-bond acceptors (Lipinski definition) is 3. The van der Waals surface area contributed by atoms with Crippen LogP contribution in [0.3, 0.4) is 0 Å². The number of thiazole rings is 1. The Morgan fingerprint density at radius 3 is 2.42 bits per heavy atom. The number of aliphatic imine (C=N–C) groups is 1. The Morgan fingerprint density at radius 2 is 1.92 bits per heavy atom. The Hall–Kier alpha value is -1.36. The molecule has 0 aliphatic rings. The van der Waals surface area contributed by atoms with Crippen LogP contribution >= 0.6 is 35.3 Å². The molecule has 1 aromatic heterocycles. The quantitative estimate of drug-likeness (QED) is 0.379. The van der Waals surface area contributed by atoms with Crippen molar-refractivity contribution in [2.24, 2.45) is 4.99 Å². The molecule has 1 heterocycles. The Labute approximate surface area is 172 Å². The number of nitrogens with zero attached hydrogens (tertiary/aromatic N) is 3. The first-order chi connectivity index (χ1) is 11.8.